The first-order valence-electron chi connectivity index (χ1n) is 16.6. The van der Waals surface area contributed by atoms with Gasteiger partial charge in [-0.2, -0.15) is 0 Å². The number of nitrogens with zero attached hydrogens (tertiary/aromatic N) is 4. The Morgan fingerprint density at radius 1 is 0.312 bits per heavy atom. The minimum absolute atomic E-state index is 0.676. The zero-order valence-electron chi connectivity index (χ0n) is 27.5. The molecular formula is C40H44N4O4. The van der Waals surface area contributed by atoms with Crippen LogP contribution in [0, 0.1) is 0 Å². The highest BCUT2D eigenvalue weighted by Gasteiger charge is 2.18. The Balaban J connectivity index is 1.37. The summed E-state index contributed by atoms with van der Waals surface area (Å²) in [5, 5.41) is 0. The summed E-state index contributed by atoms with van der Waals surface area (Å²) in [7, 11) is 0. The summed E-state index contributed by atoms with van der Waals surface area (Å²) in [6, 6.07) is 31.4. The summed E-state index contributed by atoms with van der Waals surface area (Å²) in [6.45, 7) is 10.1. The van der Waals surface area contributed by atoms with E-state index in [0.717, 1.165) is 104 Å². The minimum atomic E-state index is 0.676. The molecule has 0 bridgehead atoms. The van der Waals surface area contributed by atoms with Crippen LogP contribution >= 0.6 is 0 Å². The van der Waals surface area contributed by atoms with Crippen molar-refractivity contribution in [1.82, 2.24) is 19.6 Å². The van der Waals surface area contributed by atoms with Crippen molar-refractivity contribution < 1.29 is 19.2 Å². The van der Waals surface area contributed by atoms with E-state index in [2.05, 4.69) is 19.6 Å². The van der Waals surface area contributed by atoms with Crippen molar-refractivity contribution in [3.05, 3.63) is 142 Å². The van der Waals surface area contributed by atoms with Gasteiger partial charge in [0.25, 0.3) is 0 Å². The molecule has 0 aromatic heterocycles. The summed E-state index contributed by atoms with van der Waals surface area (Å²) in [4.78, 5) is 55.0. The number of carbonyl (C=O) groups excluding carboxylic acids is 4. The fraction of sp³-hybridized carbons (Fsp3) is 0.300. The second kappa shape index (κ2) is 18.1. The number of rotatable bonds is 12. The van der Waals surface area contributed by atoms with Crippen LogP contribution in [0.3, 0.4) is 0 Å². The van der Waals surface area contributed by atoms with Gasteiger partial charge in [-0.05, 0) is 22.3 Å². The maximum absolute atomic E-state index is 11.2. The number of aldehydes is 4. The van der Waals surface area contributed by atoms with Crippen molar-refractivity contribution >= 4 is 25.1 Å². The molecule has 4 aromatic rings. The maximum Gasteiger partial charge on any atom is 0.150 e. The van der Waals surface area contributed by atoms with Crippen LogP contribution in [-0.2, 0) is 26.2 Å². The SMILES string of the molecule is O=Cc1ccc(CN2CCN(Cc3ccc(C=O)cc3)CCN(Cc3ccc(C=O)cc3)CCN(Cc3ccc(C=O)cc3)CC2)cc1. The highest BCUT2D eigenvalue weighted by atomic mass is 16.1. The van der Waals surface area contributed by atoms with Gasteiger partial charge < -0.3 is 0 Å². The zero-order valence-corrected chi connectivity index (χ0v) is 27.5. The van der Waals surface area contributed by atoms with Gasteiger partial charge in [-0.1, -0.05) is 97.1 Å². The van der Waals surface area contributed by atoms with E-state index in [4.69, 9.17) is 0 Å². The lowest BCUT2D eigenvalue weighted by atomic mass is 10.1. The van der Waals surface area contributed by atoms with Crippen molar-refractivity contribution in [2.75, 3.05) is 52.4 Å². The van der Waals surface area contributed by atoms with Crippen molar-refractivity contribution in [1.29, 1.82) is 0 Å². The molecule has 0 aliphatic carbocycles. The molecule has 4 aromatic carbocycles. The molecule has 1 aliphatic rings. The van der Waals surface area contributed by atoms with Gasteiger partial charge in [0.05, 0.1) is 0 Å². The van der Waals surface area contributed by atoms with Gasteiger partial charge in [0, 0.05) is 101 Å². The molecule has 0 amide bonds. The van der Waals surface area contributed by atoms with Gasteiger partial charge in [0.2, 0.25) is 0 Å². The molecule has 8 nitrogen and oxygen atoms in total. The Kier molecular flexibility index (Phi) is 13.1. The van der Waals surface area contributed by atoms with Gasteiger partial charge in [-0.15, -0.1) is 0 Å². The summed E-state index contributed by atoms with van der Waals surface area (Å²) in [6.07, 6.45) is 3.51. The summed E-state index contributed by atoms with van der Waals surface area (Å²) >= 11 is 0. The van der Waals surface area contributed by atoms with Crippen LogP contribution in [0.25, 0.3) is 0 Å². The molecule has 48 heavy (non-hydrogen) atoms. The lowest BCUT2D eigenvalue weighted by molar-refractivity contribution is 0.111. The van der Waals surface area contributed by atoms with E-state index in [1.54, 1.807) is 0 Å². The van der Waals surface area contributed by atoms with Gasteiger partial charge in [0.15, 0.2) is 0 Å². The summed E-state index contributed by atoms with van der Waals surface area (Å²) < 4.78 is 0. The second-order valence-corrected chi connectivity index (χ2v) is 12.5. The van der Waals surface area contributed by atoms with E-state index >= 15 is 0 Å². The van der Waals surface area contributed by atoms with Crippen LogP contribution in [0.2, 0.25) is 0 Å². The molecule has 0 radical (unpaired) electrons. The molecule has 1 aliphatic heterocycles. The number of hydrogen-bond donors (Lipinski definition) is 0. The van der Waals surface area contributed by atoms with Crippen LogP contribution in [0.1, 0.15) is 63.7 Å². The highest BCUT2D eigenvalue weighted by molar-refractivity contribution is 5.76. The lowest BCUT2D eigenvalue weighted by Crippen LogP contribution is -2.45. The van der Waals surface area contributed by atoms with Crippen molar-refractivity contribution in [3.63, 3.8) is 0 Å². The Labute approximate surface area is 283 Å². The Morgan fingerprint density at radius 2 is 0.479 bits per heavy atom. The molecule has 0 unspecified atom stereocenters. The Hall–Kier alpha value is -4.60. The van der Waals surface area contributed by atoms with Crippen molar-refractivity contribution in [2.45, 2.75) is 26.2 Å². The smallest absolute Gasteiger partial charge is 0.150 e. The van der Waals surface area contributed by atoms with Crippen molar-refractivity contribution in [2.24, 2.45) is 0 Å². The molecule has 0 saturated carbocycles. The van der Waals surface area contributed by atoms with Crippen LogP contribution in [0.4, 0.5) is 0 Å². The third-order valence-electron chi connectivity index (χ3n) is 9.02. The number of carbonyl (C=O) groups is 4. The van der Waals surface area contributed by atoms with E-state index in [9.17, 15) is 19.2 Å². The first-order chi connectivity index (χ1) is 23.5. The molecule has 0 N–H and O–H groups in total. The molecule has 1 saturated heterocycles. The molecule has 248 valence electrons. The largest absolute Gasteiger partial charge is 0.298 e. The average Bonchev–Trinajstić information content (AvgIpc) is 3.13. The Bertz CT molecular complexity index is 1340. The van der Waals surface area contributed by atoms with E-state index in [-0.39, 0.29) is 0 Å². The normalized spacial score (nSPS) is 16.0. The molecular weight excluding hydrogens is 600 g/mol. The molecule has 0 spiro atoms. The number of hydrogen-bond acceptors (Lipinski definition) is 8. The van der Waals surface area contributed by atoms with Crippen molar-refractivity contribution in [3.8, 4) is 0 Å². The van der Waals surface area contributed by atoms with Gasteiger partial charge >= 0.3 is 0 Å². The minimum Gasteiger partial charge on any atom is -0.298 e. The van der Waals surface area contributed by atoms with Gasteiger partial charge in [-0.3, -0.25) is 38.8 Å². The van der Waals surface area contributed by atoms with Gasteiger partial charge in [0.1, 0.15) is 25.1 Å². The quantitative estimate of drug-likeness (QED) is 0.193. The average molecular weight is 645 g/mol. The van der Waals surface area contributed by atoms with E-state index in [0.29, 0.717) is 22.3 Å². The molecule has 8 heteroatoms. The fourth-order valence-corrected chi connectivity index (χ4v) is 6.05. The summed E-state index contributed by atoms with van der Waals surface area (Å²) in [5.41, 5.74) is 7.40. The van der Waals surface area contributed by atoms with E-state index < -0.39 is 0 Å². The third-order valence-corrected chi connectivity index (χ3v) is 9.02. The van der Waals surface area contributed by atoms with Crippen LogP contribution < -0.4 is 0 Å². The van der Waals surface area contributed by atoms with E-state index in [1.807, 2.05) is 97.1 Å². The first-order valence-corrected chi connectivity index (χ1v) is 16.6. The number of benzene rings is 4. The third kappa shape index (κ3) is 10.7. The summed E-state index contributed by atoms with van der Waals surface area (Å²) in [5.74, 6) is 0. The predicted octanol–water partition coefficient (Wildman–Crippen LogP) is 5.26. The predicted molar refractivity (Wildman–Crippen MR) is 188 cm³/mol. The molecule has 5 rings (SSSR count). The van der Waals surface area contributed by atoms with E-state index in [1.165, 1.54) is 22.3 Å². The van der Waals surface area contributed by atoms with Crippen LogP contribution in [0.5, 0.6) is 0 Å². The molecule has 1 fully saturated rings. The van der Waals surface area contributed by atoms with Gasteiger partial charge in [-0.25, -0.2) is 0 Å². The second-order valence-electron chi connectivity index (χ2n) is 12.5. The monoisotopic (exact) mass is 644 g/mol. The highest BCUT2D eigenvalue weighted by Crippen LogP contribution is 2.14. The standard InChI is InChI=1S/C40H44N4O4/c45-29-37-9-1-33(2-10-37)25-41-17-19-42(26-34-3-11-38(30-46)12-4-34)21-23-44(28-36-7-15-40(32-48)16-8-36)24-22-43(20-18-41)27-35-5-13-39(31-47)14-6-35/h1-16,29-32H,17-28H2. The fourth-order valence-electron chi connectivity index (χ4n) is 6.05. The zero-order chi connectivity index (χ0) is 33.6. The first kappa shape index (κ1) is 34.7. The lowest BCUT2D eigenvalue weighted by Gasteiger charge is -2.34. The molecule has 0 atom stereocenters. The van der Waals surface area contributed by atoms with Crippen LogP contribution in [-0.4, -0.2) is 97.1 Å². The Morgan fingerprint density at radius 3 is 0.625 bits per heavy atom. The topological polar surface area (TPSA) is 81.2 Å². The van der Waals surface area contributed by atoms with Crippen LogP contribution in [0.15, 0.2) is 97.1 Å². The molecule has 1 heterocycles. The maximum atomic E-state index is 11.2.